The van der Waals surface area contributed by atoms with Crippen LogP contribution in [0.5, 0.6) is 5.88 Å². The number of aryl methyl sites for hydroxylation is 1. The van der Waals surface area contributed by atoms with E-state index in [0.29, 0.717) is 38.0 Å². The van der Waals surface area contributed by atoms with Crippen LogP contribution in [-0.4, -0.2) is 43.3 Å². The number of ether oxygens (including phenoxy) is 3. The highest BCUT2D eigenvalue weighted by Crippen LogP contribution is 2.27. The molecule has 0 saturated heterocycles. The van der Waals surface area contributed by atoms with Gasteiger partial charge in [-0.25, -0.2) is 4.68 Å². The second-order valence-electron chi connectivity index (χ2n) is 4.65. The predicted molar refractivity (Wildman–Crippen MR) is 74.6 cm³/mol. The van der Waals surface area contributed by atoms with Gasteiger partial charge in [-0.05, 0) is 27.2 Å². The topological polar surface area (TPSA) is 71.5 Å². The van der Waals surface area contributed by atoms with Gasteiger partial charge in [-0.3, -0.25) is 0 Å². The van der Waals surface area contributed by atoms with Crippen LogP contribution in [0.3, 0.4) is 0 Å². The predicted octanol–water partition coefficient (Wildman–Crippen LogP) is 1.79. The molecule has 0 radical (unpaired) electrons. The van der Waals surface area contributed by atoms with E-state index in [1.54, 1.807) is 11.8 Å². The largest absolute Gasteiger partial charge is 0.474 e. The first-order chi connectivity index (χ1) is 9.07. The van der Waals surface area contributed by atoms with Gasteiger partial charge in [0.25, 0.3) is 0 Å². The van der Waals surface area contributed by atoms with Gasteiger partial charge in [0.1, 0.15) is 12.3 Å². The number of aromatic nitrogens is 2. The number of hydrogen-bond donors (Lipinski definition) is 1. The Balaban J connectivity index is 2.36. The summed E-state index contributed by atoms with van der Waals surface area (Å²) in [6.45, 7) is 8.35. The smallest absolute Gasteiger partial charge is 0.236 e. The van der Waals surface area contributed by atoms with Gasteiger partial charge in [0, 0.05) is 20.3 Å². The van der Waals surface area contributed by atoms with E-state index in [1.807, 2.05) is 20.8 Å². The number of methoxy groups -OCH3 is 1. The van der Waals surface area contributed by atoms with Crippen molar-refractivity contribution in [1.29, 1.82) is 0 Å². The Morgan fingerprint density at radius 3 is 2.58 bits per heavy atom. The fourth-order valence-electron chi connectivity index (χ4n) is 1.64. The molecular weight excluding hydrogens is 246 g/mol. The number of rotatable bonds is 9. The van der Waals surface area contributed by atoms with E-state index < -0.39 is 0 Å². The van der Waals surface area contributed by atoms with Crippen LogP contribution in [-0.2, 0) is 9.47 Å². The number of anilines is 1. The van der Waals surface area contributed by atoms with Gasteiger partial charge < -0.3 is 19.9 Å². The van der Waals surface area contributed by atoms with Gasteiger partial charge in [0.2, 0.25) is 5.88 Å². The normalized spacial score (nSPS) is 11.2. The summed E-state index contributed by atoms with van der Waals surface area (Å²) in [5, 5.41) is 4.36. The summed E-state index contributed by atoms with van der Waals surface area (Å²) >= 11 is 0. The molecule has 0 aliphatic carbocycles. The summed E-state index contributed by atoms with van der Waals surface area (Å²) < 4.78 is 17.8. The highest BCUT2D eigenvalue weighted by Gasteiger charge is 2.15. The molecule has 6 nitrogen and oxygen atoms in total. The number of nitrogens with two attached hydrogens (primary N) is 1. The minimum Gasteiger partial charge on any atom is -0.474 e. The first-order valence-electron chi connectivity index (χ1n) is 6.62. The summed E-state index contributed by atoms with van der Waals surface area (Å²) in [7, 11) is 1.68. The van der Waals surface area contributed by atoms with E-state index >= 15 is 0 Å². The highest BCUT2D eigenvalue weighted by molar-refractivity contribution is 5.52. The maximum Gasteiger partial charge on any atom is 0.236 e. The van der Waals surface area contributed by atoms with E-state index in [2.05, 4.69) is 5.10 Å². The Morgan fingerprint density at radius 2 is 1.95 bits per heavy atom. The molecule has 110 valence electrons. The van der Waals surface area contributed by atoms with E-state index in [4.69, 9.17) is 19.9 Å². The Hall–Kier alpha value is -1.27. The maximum atomic E-state index is 5.96. The molecule has 0 fully saturated rings. The number of hydrogen-bond acceptors (Lipinski definition) is 5. The lowest BCUT2D eigenvalue weighted by atomic mass is 10.4. The lowest BCUT2D eigenvalue weighted by Gasteiger charge is -2.12. The molecule has 2 N–H and O–H groups in total. The molecule has 19 heavy (non-hydrogen) atoms. The minimum atomic E-state index is 0.216. The zero-order chi connectivity index (χ0) is 14.3. The molecule has 0 amide bonds. The number of nitrogens with zero attached hydrogens (tertiary/aromatic N) is 2. The van der Waals surface area contributed by atoms with Crippen molar-refractivity contribution in [2.45, 2.75) is 33.2 Å². The molecule has 1 heterocycles. The molecule has 0 unspecified atom stereocenters. The standard InChI is InChI=1S/C13H25N3O3/c1-10(2)16-13(12(14)11(3)15-16)19-9-8-18-7-5-6-17-4/h10H,5-9,14H2,1-4H3. The molecule has 1 aromatic heterocycles. The van der Waals surface area contributed by atoms with Crippen LogP contribution in [0.2, 0.25) is 0 Å². The minimum absolute atomic E-state index is 0.216. The van der Waals surface area contributed by atoms with Crippen molar-refractivity contribution in [1.82, 2.24) is 9.78 Å². The molecule has 0 atom stereocenters. The third-order valence-corrected chi connectivity index (χ3v) is 2.68. The first kappa shape index (κ1) is 15.8. The zero-order valence-electron chi connectivity index (χ0n) is 12.3. The Bertz CT molecular complexity index is 377. The van der Waals surface area contributed by atoms with Crippen LogP contribution in [0, 0.1) is 6.92 Å². The summed E-state index contributed by atoms with van der Waals surface area (Å²) in [5.41, 5.74) is 7.36. The molecule has 0 spiro atoms. The second-order valence-corrected chi connectivity index (χ2v) is 4.65. The molecule has 6 heteroatoms. The summed E-state index contributed by atoms with van der Waals surface area (Å²) in [4.78, 5) is 0. The van der Waals surface area contributed by atoms with Gasteiger partial charge in [-0.2, -0.15) is 5.10 Å². The van der Waals surface area contributed by atoms with Crippen molar-refractivity contribution >= 4 is 5.69 Å². The highest BCUT2D eigenvalue weighted by atomic mass is 16.5. The number of nitrogen functional groups attached to an aromatic ring is 1. The van der Waals surface area contributed by atoms with E-state index in [-0.39, 0.29) is 6.04 Å². The molecule has 0 aliphatic heterocycles. The fourth-order valence-corrected chi connectivity index (χ4v) is 1.64. The van der Waals surface area contributed by atoms with Crippen LogP contribution in [0.15, 0.2) is 0 Å². The van der Waals surface area contributed by atoms with Crippen molar-refractivity contribution in [3.8, 4) is 5.88 Å². The van der Waals surface area contributed by atoms with Crippen LogP contribution >= 0.6 is 0 Å². The molecular formula is C13H25N3O3. The van der Waals surface area contributed by atoms with E-state index in [1.165, 1.54) is 0 Å². The summed E-state index contributed by atoms with van der Waals surface area (Å²) in [6, 6.07) is 0.216. The van der Waals surface area contributed by atoms with Gasteiger partial charge in [0.15, 0.2) is 0 Å². The van der Waals surface area contributed by atoms with Gasteiger partial charge >= 0.3 is 0 Å². The molecule has 1 aromatic rings. The van der Waals surface area contributed by atoms with Crippen LogP contribution < -0.4 is 10.5 Å². The Morgan fingerprint density at radius 1 is 1.21 bits per heavy atom. The zero-order valence-corrected chi connectivity index (χ0v) is 12.3. The van der Waals surface area contributed by atoms with Crippen LogP contribution in [0.25, 0.3) is 0 Å². The molecule has 0 saturated carbocycles. The quantitative estimate of drug-likeness (QED) is 0.693. The lowest BCUT2D eigenvalue weighted by molar-refractivity contribution is 0.0780. The lowest BCUT2D eigenvalue weighted by Crippen LogP contribution is -2.13. The summed E-state index contributed by atoms with van der Waals surface area (Å²) in [5.74, 6) is 0.632. The van der Waals surface area contributed by atoms with Crippen LogP contribution in [0.4, 0.5) is 5.69 Å². The van der Waals surface area contributed by atoms with Crippen molar-refractivity contribution in [2.75, 3.05) is 39.3 Å². The molecule has 1 rings (SSSR count). The Labute approximate surface area is 114 Å². The van der Waals surface area contributed by atoms with Crippen molar-refractivity contribution in [3.63, 3.8) is 0 Å². The van der Waals surface area contributed by atoms with Gasteiger partial charge in [-0.15, -0.1) is 0 Å². The maximum absolute atomic E-state index is 5.96. The van der Waals surface area contributed by atoms with Crippen molar-refractivity contribution in [2.24, 2.45) is 0 Å². The van der Waals surface area contributed by atoms with Crippen LogP contribution in [0.1, 0.15) is 32.0 Å². The fraction of sp³-hybridized carbons (Fsp3) is 0.769. The van der Waals surface area contributed by atoms with Gasteiger partial charge in [-0.1, -0.05) is 0 Å². The van der Waals surface area contributed by atoms with Crippen molar-refractivity contribution in [3.05, 3.63) is 5.69 Å². The molecule has 0 bridgehead atoms. The SMILES string of the molecule is COCCCOCCOc1c(N)c(C)nn1C(C)C. The molecule has 0 aliphatic rings. The molecule has 0 aromatic carbocycles. The van der Waals surface area contributed by atoms with E-state index in [9.17, 15) is 0 Å². The third-order valence-electron chi connectivity index (χ3n) is 2.68. The first-order valence-corrected chi connectivity index (χ1v) is 6.62. The van der Waals surface area contributed by atoms with Gasteiger partial charge in [0.05, 0.1) is 18.3 Å². The average Bonchev–Trinajstić information content (AvgIpc) is 2.66. The average molecular weight is 271 g/mol. The Kier molecular flexibility index (Phi) is 6.66. The third kappa shape index (κ3) is 4.72. The monoisotopic (exact) mass is 271 g/mol. The summed E-state index contributed by atoms with van der Waals surface area (Å²) in [6.07, 6.45) is 0.891. The van der Waals surface area contributed by atoms with E-state index in [0.717, 1.165) is 12.1 Å². The second kappa shape index (κ2) is 8.01. The van der Waals surface area contributed by atoms with Crippen molar-refractivity contribution < 1.29 is 14.2 Å².